The monoisotopic (exact) mass is 222 g/mol. The topological polar surface area (TPSA) is 54.4 Å². The summed E-state index contributed by atoms with van der Waals surface area (Å²) >= 11 is 0. The molecule has 0 fully saturated rings. The quantitative estimate of drug-likeness (QED) is 0.388. The van der Waals surface area contributed by atoms with E-state index in [1.54, 1.807) is 0 Å². The summed E-state index contributed by atoms with van der Waals surface area (Å²) < 4.78 is 70.9. The normalized spacial score (nSPS) is 15.4. The van der Waals surface area contributed by atoms with Crippen LogP contribution in [0.15, 0.2) is 0 Å². The molecule has 0 aromatic carbocycles. The van der Waals surface area contributed by atoms with Crippen molar-refractivity contribution in [3.05, 3.63) is 0 Å². The Morgan fingerprint density at radius 2 is 1.55 bits per heavy atom. The first-order valence-electron chi connectivity index (χ1n) is 1.83. The number of hydrogen-bond acceptors (Lipinski definition) is 2. The zero-order valence-corrected chi connectivity index (χ0v) is 5.08. The van der Waals surface area contributed by atoms with Crippen molar-refractivity contribution in [2.45, 2.75) is 11.7 Å². The fraction of sp³-hybridized carbons (Fsp3) is 1.00. The Bertz CT molecular complexity index is 208. The molecule has 0 rings (SSSR count). The van der Waals surface area contributed by atoms with Gasteiger partial charge < -0.3 is 0 Å². The Balaban J connectivity index is 0. The van der Waals surface area contributed by atoms with Crippen molar-refractivity contribution in [2.75, 3.05) is 0 Å². The summed E-state index contributed by atoms with van der Waals surface area (Å²) in [6.45, 7) is 0. The molecule has 0 aliphatic rings. The van der Waals surface area contributed by atoms with Crippen LogP contribution in [0.4, 0.5) is 17.6 Å². The maximum atomic E-state index is 11.5. The Morgan fingerprint density at radius 3 is 1.55 bits per heavy atom. The van der Waals surface area contributed by atoms with E-state index in [4.69, 9.17) is 4.55 Å². The van der Waals surface area contributed by atoms with E-state index in [2.05, 4.69) is 0 Å². The van der Waals surface area contributed by atoms with Crippen LogP contribution in [0.1, 0.15) is 0 Å². The van der Waals surface area contributed by atoms with Crippen molar-refractivity contribution < 1.29 is 30.5 Å². The molecule has 0 aromatic rings. The Morgan fingerprint density at radius 1 is 1.27 bits per heavy atom. The number of hydrogen-bond donors (Lipinski definition) is 1. The van der Waals surface area contributed by atoms with Crippen LogP contribution < -0.4 is 0 Å². The third kappa shape index (κ3) is 5.50. The average molecular weight is 222 g/mol. The van der Waals surface area contributed by atoms with Gasteiger partial charge in [-0.05, 0) is 0 Å². The molecule has 1 N–H and O–H groups in total. The zero-order valence-electron chi connectivity index (χ0n) is 4.26. The molecule has 0 heterocycles. The van der Waals surface area contributed by atoms with Gasteiger partial charge in [0.05, 0.1) is 0 Å². The standard InChI is InChI=1S/C2H2F4O3S.K.H/c3-1(2(4,5)6)10(7,8)9;;/h1H,(H,7,8,9);;. The molecule has 0 radical (unpaired) electrons. The van der Waals surface area contributed by atoms with Crippen molar-refractivity contribution in [3.63, 3.8) is 0 Å². The van der Waals surface area contributed by atoms with Gasteiger partial charge in [0.2, 0.25) is 0 Å². The molecule has 0 bridgehead atoms. The first-order chi connectivity index (χ1) is 4.15. The molecule has 1 atom stereocenters. The van der Waals surface area contributed by atoms with Gasteiger partial charge in [-0.15, -0.1) is 0 Å². The molecular formula is C2H3F4KO3S. The van der Waals surface area contributed by atoms with Gasteiger partial charge in [0.25, 0.3) is 0 Å². The van der Waals surface area contributed by atoms with Crippen LogP contribution in [0, 0.1) is 0 Å². The minimum absolute atomic E-state index is 0. The Hall–Kier alpha value is 1.27. The second-order valence-corrected chi connectivity index (χ2v) is 2.82. The zero-order chi connectivity index (χ0) is 8.58. The van der Waals surface area contributed by atoms with E-state index in [-0.39, 0.29) is 51.4 Å². The molecule has 11 heavy (non-hydrogen) atoms. The molecule has 9 heteroatoms. The van der Waals surface area contributed by atoms with Crippen LogP contribution in [-0.2, 0) is 10.1 Å². The SMILES string of the molecule is O=S(=O)(O)C(F)C(F)(F)F.[KH]. The van der Waals surface area contributed by atoms with E-state index in [9.17, 15) is 26.0 Å². The van der Waals surface area contributed by atoms with Crippen LogP contribution >= 0.6 is 0 Å². The van der Waals surface area contributed by atoms with Crippen LogP contribution in [0.5, 0.6) is 0 Å². The minimum atomic E-state index is -5.65. The molecule has 0 aliphatic heterocycles. The molecule has 0 amide bonds. The van der Waals surface area contributed by atoms with Gasteiger partial charge in [0, 0.05) is 0 Å². The number of rotatable bonds is 1. The fourth-order valence-electron chi connectivity index (χ4n) is 0.169. The van der Waals surface area contributed by atoms with Gasteiger partial charge in [-0.1, -0.05) is 0 Å². The van der Waals surface area contributed by atoms with Gasteiger partial charge >= 0.3 is 73.2 Å². The molecule has 0 saturated heterocycles. The molecule has 3 nitrogen and oxygen atoms in total. The molecule has 0 saturated carbocycles. The van der Waals surface area contributed by atoms with Crippen molar-refractivity contribution in [2.24, 2.45) is 0 Å². The number of halogens is 4. The summed E-state index contributed by atoms with van der Waals surface area (Å²) in [6, 6.07) is 0. The molecule has 0 spiro atoms. The molecule has 1 unspecified atom stereocenters. The van der Waals surface area contributed by atoms with E-state index in [1.807, 2.05) is 0 Å². The predicted molar refractivity (Wildman–Crippen MR) is 29.6 cm³/mol. The van der Waals surface area contributed by atoms with Gasteiger partial charge in [-0.3, -0.25) is 4.55 Å². The van der Waals surface area contributed by atoms with Gasteiger partial charge in [0.15, 0.2) is 0 Å². The third-order valence-electron chi connectivity index (χ3n) is 0.519. The predicted octanol–water partition coefficient (Wildman–Crippen LogP) is 0.0836. The first-order valence-corrected chi connectivity index (χ1v) is 3.33. The second-order valence-electron chi connectivity index (χ2n) is 1.37. The number of alkyl halides is 4. The van der Waals surface area contributed by atoms with Crippen molar-refractivity contribution in [1.82, 2.24) is 0 Å². The first kappa shape index (κ1) is 14.8. The molecular weight excluding hydrogens is 219 g/mol. The van der Waals surface area contributed by atoms with Crippen molar-refractivity contribution in [1.29, 1.82) is 0 Å². The van der Waals surface area contributed by atoms with Crippen LogP contribution in [-0.4, -0.2) is 76.0 Å². The summed E-state index contributed by atoms with van der Waals surface area (Å²) in [4.78, 5) is 0. The molecule has 64 valence electrons. The van der Waals surface area contributed by atoms with Crippen molar-refractivity contribution in [3.8, 4) is 0 Å². The van der Waals surface area contributed by atoms with E-state index in [1.165, 1.54) is 0 Å². The summed E-state index contributed by atoms with van der Waals surface area (Å²) in [5.41, 5.74) is -4.21. The van der Waals surface area contributed by atoms with E-state index >= 15 is 0 Å². The summed E-state index contributed by atoms with van der Waals surface area (Å²) in [5.74, 6) is 0. The summed E-state index contributed by atoms with van der Waals surface area (Å²) in [6.07, 6.45) is -5.56. The van der Waals surface area contributed by atoms with E-state index in [0.29, 0.717) is 0 Å². The van der Waals surface area contributed by atoms with E-state index < -0.39 is 21.8 Å². The summed E-state index contributed by atoms with van der Waals surface area (Å²) in [7, 11) is -5.65. The van der Waals surface area contributed by atoms with Gasteiger partial charge in [0.1, 0.15) is 0 Å². The maximum absolute atomic E-state index is 11.5. The van der Waals surface area contributed by atoms with Gasteiger partial charge in [-0.25, -0.2) is 4.39 Å². The average Bonchev–Trinajstić information content (AvgIpc) is 1.59. The van der Waals surface area contributed by atoms with E-state index in [0.717, 1.165) is 0 Å². The second kappa shape index (κ2) is 4.49. The molecule has 0 aliphatic carbocycles. The Kier molecular flexibility index (Phi) is 6.03. The third-order valence-corrected chi connectivity index (χ3v) is 1.31. The van der Waals surface area contributed by atoms with Crippen molar-refractivity contribution >= 4 is 61.5 Å². The fourth-order valence-corrected chi connectivity index (χ4v) is 0.507. The van der Waals surface area contributed by atoms with Gasteiger partial charge in [-0.2, -0.15) is 21.6 Å². The van der Waals surface area contributed by atoms with Crippen LogP contribution in [0.25, 0.3) is 0 Å². The molecule has 0 aromatic heterocycles. The summed E-state index contributed by atoms with van der Waals surface area (Å²) in [5, 5.41) is 0. The van der Waals surface area contributed by atoms with Crippen LogP contribution in [0.2, 0.25) is 0 Å². The Labute approximate surface area is 102 Å². The van der Waals surface area contributed by atoms with Crippen LogP contribution in [0.3, 0.4) is 0 Å².